The standard InChI is InChI=1S/C10H11Br2FO/c1-7(9(14)10(11,12)13)8-5-3-2-4-6-8/h2-7,9,14H,1H3. The first-order valence-electron chi connectivity index (χ1n) is 4.22. The SMILES string of the molecule is CC(c1ccccc1)C(O)C(F)(Br)Br. The Balaban J connectivity index is 2.81. The summed E-state index contributed by atoms with van der Waals surface area (Å²) in [6.07, 6.45) is -1.13. The minimum absolute atomic E-state index is 0.278. The molecule has 0 spiro atoms. The Kier molecular flexibility index (Phi) is 4.10. The number of hydrogen-bond acceptors (Lipinski definition) is 1. The van der Waals surface area contributed by atoms with Crippen LogP contribution in [0.4, 0.5) is 4.39 Å². The summed E-state index contributed by atoms with van der Waals surface area (Å²) in [5.74, 6) is -0.278. The molecule has 0 amide bonds. The second-order valence-electron chi connectivity index (χ2n) is 3.19. The molecule has 0 aliphatic rings. The van der Waals surface area contributed by atoms with Gasteiger partial charge in [0.05, 0.1) is 0 Å². The van der Waals surface area contributed by atoms with Crippen LogP contribution in [-0.2, 0) is 0 Å². The number of aliphatic hydroxyl groups excluding tert-OH is 1. The summed E-state index contributed by atoms with van der Waals surface area (Å²) in [6, 6.07) is 9.33. The first-order chi connectivity index (χ1) is 6.43. The normalized spacial score (nSPS) is 16.4. The van der Waals surface area contributed by atoms with Crippen molar-refractivity contribution in [2.75, 3.05) is 0 Å². The molecule has 78 valence electrons. The molecule has 0 aliphatic carbocycles. The number of alkyl halides is 3. The van der Waals surface area contributed by atoms with Crippen LogP contribution in [0.25, 0.3) is 0 Å². The summed E-state index contributed by atoms with van der Waals surface area (Å²) in [6.45, 7) is 1.77. The van der Waals surface area contributed by atoms with Crippen molar-refractivity contribution in [1.82, 2.24) is 0 Å². The van der Waals surface area contributed by atoms with Crippen LogP contribution in [0.3, 0.4) is 0 Å². The van der Waals surface area contributed by atoms with E-state index in [0.717, 1.165) is 5.56 Å². The van der Waals surface area contributed by atoms with Gasteiger partial charge in [-0.1, -0.05) is 37.3 Å². The zero-order chi connectivity index (χ0) is 10.8. The van der Waals surface area contributed by atoms with Gasteiger partial charge in [-0.3, -0.25) is 0 Å². The van der Waals surface area contributed by atoms with Crippen LogP contribution in [-0.4, -0.2) is 14.7 Å². The summed E-state index contributed by atoms with van der Waals surface area (Å²) in [5.41, 5.74) is 0.904. The average Bonchev–Trinajstić information content (AvgIpc) is 2.15. The Labute approximate surface area is 99.6 Å². The van der Waals surface area contributed by atoms with Crippen molar-refractivity contribution in [3.63, 3.8) is 0 Å². The second kappa shape index (κ2) is 4.73. The molecule has 0 saturated heterocycles. The molecule has 1 aromatic carbocycles. The van der Waals surface area contributed by atoms with Crippen molar-refractivity contribution in [2.24, 2.45) is 0 Å². The Morgan fingerprint density at radius 1 is 1.29 bits per heavy atom. The fraction of sp³-hybridized carbons (Fsp3) is 0.400. The van der Waals surface area contributed by atoms with Crippen LogP contribution in [0, 0.1) is 0 Å². The van der Waals surface area contributed by atoms with Crippen LogP contribution < -0.4 is 0 Å². The molecule has 2 atom stereocenters. The largest absolute Gasteiger partial charge is 0.387 e. The van der Waals surface area contributed by atoms with Crippen molar-refractivity contribution in [3.8, 4) is 0 Å². The summed E-state index contributed by atoms with van der Waals surface area (Å²) in [7, 11) is 0. The zero-order valence-corrected chi connectivity index (χ0v) is 10.8. The molecule has 0 aromatic heterocycles. The zero-order valence-electron chi connectivity index (χ0n) is 7.62. The third-order valence-electron chi connectivity index (χ3n) is 2.13. The Hall–Kier alpha value is 0.0700. The first kappa shape index (κ1) is 12.1. The third kappa shape index (κ3) is 3.04. The predicted molar refractivity (Wildman–Crippen MR) is 62.6 cm³/mol. The molecule has 1 rings (SSSR count). The quantitative estimate of drug-likeness (QED) is 0.842. The van der Waals surface area contributed by atoms with Gasteiger partial charge in [-0.15, -0.1) is 0 Å². The van der Waals surface area contributed by atoms with Crippen LogP contribution in [0.2, 0.25) is 0 Å². The van der Waals surface area contributed by atoms with Crippen LogP contribution in [0.5, 0.6) is 0 Å². The van der Waals surface area contributed by atoms with Crippen LogP contribution in [0.15, 0.2) is 30.3 Å². The van der Waals surface area contributed by atoms with E-state index < -0.39 is 9.59 Å². The van der Waals surface area contributed by atoms with E-state index >= 15 is 0 Å². The molecule has 2 unspecified atom stereocenters. The fourth-order valence-corrected chi connectivity index (χ4v) is 2.02. The Bertz CT molecular complexity index is 284. The highest BCUT2D eigenvalue weighted by molar-refractivity contribution is 9.25. The molecule has 0 fully saturated rings. The van der Waals surface area contributed by atoms with E-state index in [1.807, 2.05) is 30.3 Å². The Morgan fingerprint density at radius 3 is 2.21 bits per heavy atom. The van der Waals surface area contributed by atoms with Gasteiger partial charge in [0.1, 0.15) is 6.10 Å². The van der Waals surface area contributed by atoms with Gasteiger partial charge in [-0.05, 0) is 37.4 Å². The van der Waals surface area contributed by atoms with Gasteiger partial charge in [-0.2, -0.15) is 0 Å². The van der Waals surface area contributed by atoms with Crippen molar-refractivity contribution < 1.29 is 9.50 Å². The molecule has 0 bridgehead atoms. The lowest BCUT2D eigenvalue weighted by atomic mass is 9.96. The number of aliphatic hydroxyl groups is 1. The highest BCUT2D eigenvalue weighted by Gasteiger charge is 2.36. The van der Waals surface area contributed by atoms with E-state index in [2.05, 4.69) is 31.9 Å². The van der Waals surface area contributed by atoms with Crippen molar-refractivity contribution in [3.05, 3.63) is 35.9 Å². The minimum atomic E-state index is -1.94. The maximum atomic E-state index is 13.3. The van der Waals surface area contributed by atoms with Crippen molar-refractivity contribution in [2.45, 2.75) is 22.4 Å². The van der Waals surface area contributed by atoms with Gasteiger partial charge in [0.2, 0.25) is 3.49 Å². The maximum absolute atomic E-state index is 13.3. The van der Waals surface area contributed by atoms with Crippen LogP contribution in [0.1, 0.15) is 18.4 Å². The minimum Gasteiger partial charge on any atom is -0.387 e. The fourth-order valence-electron chi connectivity index (χ4n) is 1.22. The summed E-state index contributed by atoms with van der Waals surface area (Å²) < 4.78 is 11.4. The molecule has 0 aliphatic heterocycles. The molecule has 14 heavy (non-hydrogen) atoms. The maximum Gasteiger partial charge on any atom is 0.244 e. The smallest absolute Gasteiger partial charge is 0.244 e. The lowest BCUT2D eigenvalue weighted by Crippen LogP contribution is -2.30. The molecule has 1 N–H and O–H groups in total. The van der Waals surface area contributed by atoms with E-state index in [1.165, 1.54) is 0 Å². The van der Waals surface area contributed by atoms with Gasteiger partial charge in [-0.25, -0.2) is 4.39 Å². The molecular formula is C10H11Br2FO. The Morgan fingerprint density at radius 2 is 1.79 bits per heavy atom. The molecule has 0 radical (unpaired) electrons. The third-order valence-corrected chi connectivity index (χ3v) is 3.07. The van der Waals surface area contributed by atoms with E-state index in [4.69, 9.17) is 0 Å². The predicted octanol–water partition coefficient (Wildman–Crippen LogP) is 3.56. The first-order valence-corrected chi connectivity index (χ1v) is 5.81. The summed E-state index contributed by atoms with van der Waals surface area (Å²) in [4.78, 5) is 0. The van der Waals surface area contributed by atoms with E-state index in [1.54, 1.807) is 6.92 Å². The van der Waals surface area contributed by atoms with Gasteiger partial charge in [0.25, 0.3) is 0 Å². The van der Waals surface area contributed by atoms with Crippen molar-refractivity contribution in [1.29, 1.82) is 0 Å². The topological polar surface area (TPSA) is 20.2 Å². The van der Waals surface area contributed by atoms with Gasteiger partial charge in [0, 0.05) is 5.92 Å². The number of hydrogen-bond donors (Lipinski definition) is 1. The number of benzene rings is 1. The lowest BCUT2D eigenvalue weighted by Gasteiger charge is -2.24. The summed E-state index contributed by atoms with van der Waals surface area (Å²) >= 11 is 5.48. The summed E-state index contributed by atoms with van der Waals surface area (Å²) in [5, 5.41) is 9.64. The molecule has 0 heterocycles. The molecule has 4 heteroatoms. The number of halogens is 3. The molecule has 1 aromatic rings. The van der Waals surface area contributed by atoms with Gasteiger partial charge < -0.3 is 5.11 Å². The molecule has 0 saturated carbocycles. The van der Waals surface area contributed by atoms with Crippen molar-refractivity contribution >= 4 is 31.9 Å². The lowest BCUT2D eigenvalue weighted by molar-refractivity contribution is 0.0921. The van der Waals surface area contributed by atoms with E-state index in [0.29, 0.717) is 0 Å². The van der Waals surface area contributed by atoms with Gasteiger partial charge in [0.15, 0.2) is 0 Å². The van der Waals surface area contributed by atoms with Crippen LogP contribution >= 0.6 is 31.9 Å². The molecule has 1 nitrogen and oxygen atoms in total. The second-order valence-corrected chi connectivity index (χ2v) is 6.56. The number of rotatable bonds is 3. The highest BCUT2D eigenvalue weighted by Crippen LogP contribution is 2.38. The average molecular weight is 326 g/mol. The monoisotopic (exact) mass is 324 g/mol. The van der Waals surface area contributed by atoms with E-state index in [9.17, 15) is 9.50 Å². The molecular weight excluding hydrogens is 315 g/mol. The van der Waals surface area contributed by atoms with E-state index in [-0.39, 0.29) is 5.92 Å². The highest BCUT2D eigenvalue weighted by atomic mass is 79.9. The van der Waals surface area contributed by atoms with Gasteiger partial charge >= 0.3 is 0 Å².